The van der Waals surface area contributed by atoms with Gasteiger partial charge in [-0.15, -0.1) is 0 Å². The highest BCUT2D eigenvalue weighted by molar-refractivity contribution is 5.97. The fraction of sp³-hybridized carbons (Fsp3) is 0.500. The van der Waals surface area contributed by atoms with Crippen molar-refractivity contribution in [2.24, 2.45) is 5.41 Å². The van der Waals surface area contributed by atoms with Gasteiger partial charge in [-0.2, -0.15) is 0 Å². The zero-order valence-corrected chi connectivity index (χ0v) is 10.5. The van der Waals surface area contributed by atoms with Crippen molar-refractivity contribution in [3.05, 3.63) is 23.8 Å². The van der Waals surface area contributed by atoms with Crippen LogP contribution in [0.4, 0.5) is 5.69 Å². The van der Waals surface area contributed by atoms with Crippen LogP contribution in [0.25, 0.3) is 0 Å². The first-order chi connectivity index (χ1) is 8.63. The van der Waals surface area contributed by atoms with E-state index in [0.29, 0.717) is 0 Å². The Morgan fingerprint density at radius 1 is 1.44 bits per heavy atom. The molecule has 2 aliphatic rings. The molecule has 1 amide bonds. The lowest BCUT2D eigenvalue weighted by Gasteiger charge is -2.26. The molecule has 1 fully saturated rings. The Morgan fingerprint density at radius 2 is 2.22 bits per heavy atom. The molecule has 1 heterocycles. The summed E-state index contributed by atoms with van der Waals surface area (Å²) in [5.74, 6) is 0.734. The molecule has 0 unspecified atom stereocenters. The highest BCUT2D eigenvalue weighted by Gasteiger charge is 2.42. The SMILES string of the molecule is CN1C(=O)COc2ccc(CC3(CO)CC3)cc21. The van der Waals surface area contributed by atoms with Crippen molar-refractivity contribution in [2.75, 3.05) is 25.2 Å². The van der Waals surface area contributed by atoms with Gasteiger partial charge in [-0.3, -0.25) is 4.79 Å². The fourth-order valence-electron chi connectivity index (χ4n) is 2.43. The molecule has 1 saturated carbocycles. The fourth-order valence-corrected chi connectivity index (χ4v) is 2.43. The third-order valence-corrected chi connectivity index (χ3v) is 3.98. The minimum absolute atomic E-state index is 0.0251. The van der Waals surface area contributed by atoms with E-state index in [2.05, 4.69) is 0 Å². The Hall–Kier alpha value is -1.55. The minimum atomic E-state index is -0.0251. The maximum absolute atomic E-state index is 11.6. The zero-order valence-electron chi connectivity index (χ0n) is 10.5. The van der Waals surface area contributed by atoms with E-state index in [-0.39, 0.29) is 24.5 Å². The van der Waals surface area contributed by atoms with Gasteiger partial charge in [-0.1, -0.05) is 6.07 Å². The molecule has 0 aromatic heterocycles. The predicted molar refractivity (Wildman–Crippen MR) is 67.8 cm³/mol. The first kappa shape index (κ1) is 11.5. The first-order valence-electron chi connectivity index (χ1n) is 6.27. The molecular formula is C14H17NO3. The number of aliphatic hydroxyl groups is 1. The van der Waals surface area contributed by atoms with Crippen LogP contribution in [0.1, 0.15) is 18.4 Å². The Kier molecular flexibility index (Phi) is 2.55. The van der Waals surface area contributed by atoms with Gasteiger partial charge >= 0.3 is 0 Å². The number of benzene rings is 1. The van der Waals surface area contributed by atoms with E-state index in [4.69, 9.17) is 4.74 Å². The summed E-state index contributed by atoms with van der Waals surface area (Å²) in [6.45, 7) is 0.360. The standard InChI is InChI=1S/C14H17NO3/c1-15-11-6-10(7-14(9-16)4-5-14)2-3-12(11)18-8-13(15)17/h2-3,6,16H,4-5,7-9H2,1H3. The van der Waals surface area contributed by atoms with Gasteiger partial charge in [0.15, 0.2) is 6.61 Å². The van der Waals surface area contributed by atoms with Crippen molar-refractivity contribution in [2.45, 2.75) is 19.3 Å². The number of carbonyl (C=O) groups is 1. The van der Waals surface area contributed by atoms with Crippen LogP contribution in [-0.2, 0) is 11.2 Å². The van der Waals surface area contributed by atoms with Gasteiger partial charge in [0, 0.05) is 13.7 Å². The minimum Gasteiger partial charge on any atom is -0.482 e. The molecule has 0 saturated heterocycles. The third-order valence-electron chi connectivity index (χ3n) is 3.98. The number of aliphatic hydroxyl groups excluding tert-OH is 1. The summed E-state index contributed by atoms with van der Waals surface area (Å²) in [7, 11) is 1.77. The van der Waals surface area contributed by atoms with Crippen LogP contribution in [0.3, 0.4) is 0 Å². The van der Waals surface area contributed by atoms with E-state index >= 15 is 0 Å². The Labute approximate surface area is 106 Å². The highest BCUT2D eigenvalue weighted by atomic mass is 16.5. The molecule has 0 radical (unpaired) electrons. The van der Waals surface area contributed by atoms with E-state index < -0.39 is 0 Å². The van der Waals surface area contributed by atoms with Crippen LogP contribution in [0, 0.1) is 5.41 Å². The predicted octanol–water partition coefficient (Wildman–Crippen LogP) is 1.36. The van der Waals surface area contributed by atoms with Crippen molar-refractivity contribution >= 4 is 11.6 Å². The molecule has 0 spiro atoms. The summed E-state index contributed by atoms with van der Waals surface area (Å²) in [5.41, 5.74) is 2.08. The van der Waals surface area contributed by atoms with Gasteiger partial charge in [0.2, 0.25) is 0 Å². The largest absolute Gasteiger partial charge is 0.482 e. The van der Waals surface area contributed by atoms with Gasteiger partial charge in [0.1, 0.15) is 5.75 Å². The number of hydrogen-bond acceptors (Lipinski definition) is 3. The van der Waals surface area contributed by atoms with Gasteiger partial charge in [-0.25, -0.2) is 0 Å². The van der Waals surface area contributed by atoms with E-state index in [9.17, 15) is 9.90 Å². The average Bonchev–Trinajstić information content (AvgIpc) is 3.15. The summed E-state index contributed by atoms with van der Waals surface area (Å²) < 4.78 is 5.39. The van der Waals surface area contributed by atoms with E-state index in [1.807, 2.05) is 18.2 Å². The maximum Gasteiger partial charge on any atom is 0.264 e. The number of ether oxygens (including phenoxy) is 1. The molecule has 1 aromatic carbocycles. The Bertz CT molecular complexity index is 494. The summed E-state index contributed by atoms with van der Waals surface area (Å²) in [6.07, 6.45) is 3.05. The van der Waals surface area contributed by atoms with E-state index in [1.165, 1.54) is 0 Å². The molecule has 3 rings (SSSR count). The number of hydrogen-bond donors (Lipinski definition) is 1. The molecule has 1 aromatic rings. The molecule has 4 nitrogen and oxygen atoms in total. The first-order valence-corrected chi connectivity index (χ1v) is 6.27. The van der Waals surface area contributed by atoms with Crippen molar-refractivity contribution in [3.8, 4) is 5.75 Å². The Morgan fingerprint density at radius 3 is 2.89 bits per heavy atom. The van der Waals surface area contributed by atoms with E-state index in [1.54, 1.807) is 11.9 Å². The summed E-state index contributed by atoms with van der Waals surface area (Å²) in [5, 5.41) is 9.36. The van der Waals surface area contributed by atoms with Gasteiger partial charge in [-0.05, 0) is 42.4 Å². The monoisotopic (exact) mass is 247 g/mol. The number of amides is 1. The lowest BCUT2D eigenvalue weighted by Crippen LogP contribution is -2.35. The number of anilines is 1. The Balaban J connectivity index is 1.88. The average molecular weight is 247 g/mol. The number of nitrogens with zero attached hydrogens (tertiary/aromatic N) is 1. The summed E-state index contributed by atoms with van der Waals surface area (Å²) in [4.78, 5) is 13.2. The molecule has 4 heteroatoms. The lowest BCUT2D eigenvalue weighted by atomic mass is 9.96. The number of carbonyl (C=O) groups excluding carboxylic acids is 1. The van der Waals surface area contributed by atoms with Crippen LogP contribution in [0.2, 0.25) is 0 Å². The van der Waals surface area contributed by atoms with Crippen molar-refractivity contribution in [3.63, 3.8) is 0 Å². The second-order valence-corrected chi connectivity index (χ2v) is 5.38. The third kappa shape index (κ3) is 1.86. The summed E-state index contributed by atoms with van der Waals surface area (Å²) >= 11 is 0. The van der Waals surface area contributed by atoms with Crippen LogP contribution < -0.4 is 9.64 Å². The van der Waals surface area contributed by atoms with Gasteiger partial charge in [0.25, 0.3) is 5.91 Å². The zero-order chi connectivity index (χ0) is 12.8. The highest BCUT2D eigenvalue weighted by Crippen LogP contribution is 2.48. The van der Waals surface area contributed by atoms with Gasteiger partial charge < -0.3 is 14.7 Å². The second-order valence-electron chi connectivity index (χ2n) is 5.38. The molecule has 1 aliphatic heterocycles. The van der Waals surface area contributed by atoms with Crippen molar-refractivity contribution in [1.82, 2.24) is 0 Å². The maximum atomic E-state index is 11.6. The van der Waals surface area contributed by atoms with Crippen LogP contribution in [0.15, 0.2) is 18.2 Å². The van der Waals surface area contributed by atoms with E-state index in [0.717, 1.165) is 36.3 Å². The molecule has 0 bridgehead atoms. The normalized spacial score (nSPS) is 20.3. The van der Waals surface area contributed by atoms with Crippen LogP contribution in [-0.4, -0.2) is 31.3 Å². The number of rotatable bonds is 3. The molecule has 96 valence electrons. The van der Waals surface area contributed by atoms with Crippen molar-refractivity contribution in [1.29, 1.82) is 0 Å². The molecule has 18 heavy (non-hydrogen) atoms. The molecular weight excluding hydrogens is 230 g/mol. The van der Waals surface area contributed by atoms with Crippen LogP contribution in [0.5, 0.6) is 5.75 Å². The number of likely N-dealkylation sites (N-methyl/N-ethyl adjacent to an activating group) is 1. The lowest BCUT2D eigenvalue weighted by molar-refractivity contribution is -0.120. The number of fused-ring (bicyclic) bond motifs is 1. The van der Waals surface area contributed by atoms with Crippen molar-refractivity contribution < 1.29 is 14.6 Å². The van der Waals surface area contributed by atoms with Crippen LogP contribution >= 0.6 is 0 Å². The smallest absolute Gasteiger partial charge is 0.264 e. The molecule has 1 N–H and O–H groups in total. The van der Waals surface area contributed by atoms with Gasteiger partial charge in [0.05, 0.1) is 5.69 Å². The molecule has 0 atom stereocenters. The molecule has 1 aliphatic carbocycles. The quantitative estimate of drug-likeness (QED) is 0.877. The summed E-state index contributed by atoms with van der Waals surface area (Å²) in [6, 6.07) is 5.95. The second kappa shape index (κ2) is 3.99. The topological polar surface area (TPSA) is 49.8 Å².